The van der Waals surface area contributed by atoms with Gasteiger partial charge in [0, 0.05) is 7.05 Å². The minimum absolute atomic E-state index is 0.254. The van der Waals surface area contributed by atoms with Gasteiger partial charge in [0.15, 0.2) is 0 Å². The molecule has 0 saturated carbocycles. The van der Waals surface area contributed by atoms with Crippen molar-refractivity contribution in [3.63, 3.8) is 0 Å². The van der Waals surface area contributed by atoms with Crippen LogP contribution in [0.3, 0.4) is 0 Å². The zero-order valence-corrected chi connectivity index (χ0v) is 9.92. The molecule has 5 heteroatoms. The van der Waals surface area contributed by atoms with Gasteiger partial charge in [-0.15, -0.1) is 0 Å². The molecule has 0 spiro atoms. The SMILES string of the molecule is CNc1cncc(Nc2c(F)cccc2Cl)c1. The zero-order chi connectivity index (χ0) is 12.3. The summed E-state index contributed by atoms with van der Waals surface area (Å²) in [4.78, 5) is 4.02. The van der Waals surface area contributed by atoms with E-state index < -0.39 is 5.82 Å². The Kier molecular flexibility index (Phi) is 3.44. The largest absolute Gasteiger partial charge is 0.387 e. The molecule has 0 amide bonds. The van der Waals surface area contributed by atoms with Gasteiger partial charge < -0.3 is 10.6 Å². The number of halogens is 2. The average molecular weight is 252 g/mol. The lowest BCUT2D eigenvalue weighted by molar-refractivity contribution is 0.632. The highest BCUT2D eigenvalue weighted by molar-refractivity contribution is 6.33. The molecule has 0 unspecified atom stereocenters. The maximum atomic E-state index is 13.5. The first-order chi connectivity index (χ1) is 8.20. The number of aromatic nitrogens is 1. The van der Waals surface area contributed by atoms with Crippen molar-refractivity contribution in [1.82, 2.24) is 4.98 Å². The van der Waals surface area contributed by atoms with Gasteiger partial charge in [-0.05, 0) is 18.2 Å². The van der Waals surface area contributed by atoms with Gasteiger partial charge in [-0.3, -0.25) is 4.98 Å². The van der Waals surface area contributed by atoms with Gasteiger partial charge in [-0.2, -0.15) is 0 Å². The third-order valence-corrected chi connectivity index (χ3v) is 2.57. The Morgan fingerprint density at radius 2 is 2.00 bits per heavy atom. The second kappa shape index (κ2) is 5.01. The van der Waals surface area contributed by atoms with E-state index in [1.165, 1.54) is 6.07 Å². The number of benzene rings is 1. The van der Waals surface area contributed by atoms with Crippen LogP contribution in [0.15, 0.2) is 36.7 Å². The number of rotatable bonds is 3. The summed E-state index contributed by atoms with van der Waals surface area (Å²) in [6.45, 7) is 0. The van der Waals surface area contributed by atoms with Gasteiger partial charge >= 0.3 is 0 Å². The number of nitrogens with one attached hydrogen (secondary N) is 2. The van der Waals surface area contributed by atoms with Crippen LogP contribution in [0.25, 0.3) is 0 Å². The third-order valence-electron chi connectivity index (χ3n) is 2.26. The summed E-state index contributed by atoms with van der Waals surface area (Å²) in [5.74, 6) is -0.396. The van der Waals surface area contributed by atoms with Gasteiger partial charge in [-0.25, -0.2) is 4.39 Å². The maximum Gasteiger partial charge on any atom is 0.148 e. The summed E-state index contributed by atoms with van der Waals surface area (Å²) in [6, 6.07) is 6.35. The van der Waals surface area contributed by atoms with E-state index in [4.69, 9.17) is 11.6 Å². The molecule has 2 aromatic rings. The monoisotopic (exact) mass is 251 g/mol. The molecule has 0 saturated heterocycles. The Morgan fingerprint density at radius 1 is 1.24 bits per heavy atom. The van der Waals surface area contributed by atoms with E-state index in [9.17, 15) is 4.39 Å². The fourth-order valence-corrected chi connectivity index (χ4v) is 1.62. The van der Waals surface area contributed by atoms with Gasteiger partial charge in [-0.1, -0.05) is 17.7 Å². The predicted octanol–water partition coefficient (Wildman–Crippen LogP) is 3.66. The van der Waals surface area contributed by atoms with E-state index in [1.807, 2.05) is 6.07 Å². The van der Waals surface area contributed by atoms with E-state index in [1.54, 1.807) is 31.6 Å². The van der Waals surface area contributed by atoms with Crippen LogP contribution in [0, 0.1) is 5.82 Å². The summed E-state index contributed by atoms with van der Waals surface area (Å²) in [5, 5.41) is 6.19. The van der Waals surface area contributed by atoms with Gasteiger partial charge in [0.05, 0.1) is 34.5 Å². The van der Waals surface area contributed by atoms with Crippen molar-refractivity contribution in [3.05, 3.63) is 47.5 Å². The van der Waals surface area contributed by atoms with Crippen LogP contribution in [0.4, 0.5) is 21.5 Å². The minimum Gasteiger partial charge on any atom is -0.387 e. The number of anilines is 3. The smallest absolute Gasteiger partial charge is 0.148 e. The van der Waals surface area contributed by atoms with Crippen LogP contribution in [0.2, 0.25) is 5.02 Å². The van der Waals surface area contributed by atoms with Crippen LogP contribution >= 0.6 is 11.6 Å². The van der Waals surface area contributed by atoms with Crippen molar-refractivity contribution in [2.24, 2.45) is 0 Å². The van der Waals surface area contributed by atoms with Gasteiger partial charge in [0.2, 0.25) is 0 Å². The number of hydrogen-bond acceptors (Lipinski definition) is 3. The normalized spacial score (nSPS) is 10.1. The number of nitrogens with zero attached hydrogens (tertiary/aromatic N) is 1. The Hall–Kier alpha value is -1.81. The van der Waals surface area contributed by atoms with Crippen LogP contribution in [0.5, 0.6) is 0 Å². The quantitative estimate of drug-likeness (QED) is 0.874. The highest BCUT2D eigenvalue weighted by Crippen LogP contribution is 2.28. The second-order valence-electron chi connectivity index (χ2n) is 3.43. The standard InChI is InChI=1S/C12H11ClFN3/c1-15-8-5-9(7-16-6-8)17-12-10(13)3-2-4-11(12)14/h2-7,15,17H,1H3. The number of pyridine rings is 1. The summed E-state index contributed by atoms with van der Waals surface area (Å²) < 4.78 is 13.5. The van der Waals surface area contributed by atoms with Crippen molar-refractivity contribution in [1.29, 1.82) is 0 Å². The highest BCUT2D eigenvalue weighted by atomic mass is 35.5. The van der Waals surface area contributed by atoms with E-state index in [0.717, 1.165) is 5.69 Å². The lowest BCUT2D eigenvalue weighted by Crippen LogP contribution is -1.97. The molecule has 0 fully saturated rings. The Balaban J connectivity index is 2.31. The molecule has 0 bridgehead atoms. The lowest BCUT2D eigenvalue weighted by Gasteiger charge is -2.10. The molecular formula is C12H11ClFN3. The van der Waals surface area contributed by atoms with Crippen LogP contribution < -0.4 is 10.6 Å². The van der Waals surface area contributed by atoms with Crippen LogP contribution in [-0.2, 0) is 0 Å². The molecule has 2 N–H and O–H groups in total. The molecular weight excluding hydrogens is 241 g/mol. The Morgan fingerprint density at radius 3 is 2.71 bits per heavy atom. The molecule has 1 aromatic carbocycles. The molecule has 17 heavy (non-hydrogen) atoms. The first-order valence-corrected chi connectivity index (χ1v) is 5.42. The van der Waals surface area contributed by atoms with Crippen molar-refractivity contribution in [3.8, 4) is 0 Å². The van der Waals surface area contributed by atoms with Crippen molar-refractivity contribution < 1.29 is 4.39 Å². The number of hydrogen-bond donors (Lipinski definition) is 2. The van der Waals surface area contributed by atoms with Gasteiger partial charge in [0.25, 0.3) is 0 Å². The summed E-state index contributed by atoms with van der Waals surface area (Å²) in [6.07, 6.45) is 3.28. The van der Waals surface area contributed by atoms with Crippen molar-refractivity contribution in [2.75, 3.05) is 17.7 Å². The molecule has 3 nitrogen and oxygen atoms in total. The Labute approximate surface area is 104 Å². The summed E-state index contributed by atoms with van der Waals surface area (Å²) in [7, 11) is 1.79. The molecule has 2 rings (SSSR count). The highest BCUT2D eigenvalue weighted by Gasteiger charge is 2.07. The summed E-state index contributed by atoms with van der Waals surface area (Å²) >= 11 is 5.91. The minimum atomic E-state index is -0.396. The molecule has 1 heterocycles. The van der Waals surface area contributed by atoms with Gasteiger partial charge in [0.1, 0.15) is 5.82 Å². The molecule has 1 aromatic heterocycles. The van der Waals surface area contributed by atoms with E-state index in [2.05, 4.69) is 15.6 Å². The zero-order valence-electron chi connectivity index (χ0n) is 9.17. The predicted molar refractivity (Wildman–Crippen MR) is 68.5 cm³/mol. The van der Waals surface area contributed by atoms with E-state index >= 15 is 0 Å². The topological polar surface area (TPSA) is 37.0 Å². The second-order valence-corrected chi connectivity index (χ2v) is 3.84. The van der Waals surface area contributed by atoms with E-state index in [-0.39, 0.29) is 5.69 Å². The lowest BCUT2D eigenvalue weighted by atomic mass is 10.3. The maximum absolute atomic E-state index is 13.5. The molecule has 0 aliphatic rings. The molecule has 88 valence electrons. The molecule has 0 radical (unpaired) electrons. The fraction of sp³-hybridized carbons (Fsp3) is 0.0833. The third kappa shape index (κ3) is 2.65. The average Bonchev–Trinajstić information content (AvgIpc) is 2.34. The molecule has 0 atom stereocenters. The van der Waals surface area contributed by atoms with Crippen LogP contribution in [-0.4, -0.2) is 12.0 Å². The van der Waals surface area contributed by atoms with Crippen LogP contribution in [0.1, 0.15) is 0 Å². The number of para-hydroxylation sites is 1. The first-order valence-electron chi connectivity index (χ1n) is 5.04. The molecule has 0 aliphatic carbocycles. The summed E-state index contributed by atoms with van der Waals surface area (Å²) in [5.41, 5.74) is 1.76. The van der Waals surface area contributed by atoms with Crippen molar-refractivity contribution in [2.45, 2.75) is 0 Å². The molecule has 0 aliphatic heterocycles. The van der Waals surface area contributed by atoms with Crippen molar-refractivity contribution >= 4 is 28.7 Å². The van der Waals surface area contributed by atoms with E-state index in [0.29, 0.717) is 10.7 Å². The Bertz CT molecular complexity index is 511. The first kappa shape index (κ1) is 11.7. The fourth-order valence-electron chi connectivity index (χ4n) is 1.41.